The molecule has 0 aliphatic carbocycles. The fourth-order valence-corrected chi connectivity index (χ4v) is 3.82. The highest BCUT2D eigenvalue weighted by atomic mass is 16.6. The lowest BCUT2D eigenvalue weighted by molar-refractivity contribution is -0.384. The number of nitro groups is 1. The Kier molecular flexibility index (Phi) is 8.74. The summed E-state index contributed by atoms with van der Waals surface area (Å²) in [7, 11) is 1.50. The van der Waals surface area contributed by atoms with Crippen LogP contribution in [0.3, 0.4) is 0 Å². The number of carbonyl (C=O) groups is 3. The molecule has 1 aliphatic heterocycles. The molecule has 1 aliphatic rings. The van der Waals surface area contributed by atoms with Gasteiger partial charge in [-0.3, -0.25) is 19.8 Å². The van der Waals surface area contributed by atoms with E-state index in [1.807, 2.05) is 6.92 Å². The van der Waals surface area contributed by atoms with Crippen LogP contribution in [0.4, 0.5) is 16.2 Å². The lowest BCUT2D eigenvalue weighted by atomic mass is 9.94. The van der Waals surface area contributed by atoms with Gasteiger partial charge < -0.3 is 20.1 Å². The Hall–Kier alpha value is -4.25. The van der Waals surface area contributed by atoms with E-state index in [1.54, 1.807) is 31.2 Å². The van der Waals surface area contributed by atoms with Crippen LogP contribution in [0.1, 0.15) is 42.2 Å². The zero-order chi connectivity index (χ0) is 26.2. The molecule has 3 amide bonds. The van der Waals surface area contributed by atoms with Gasteiger partial charge in [0, 0.05) is 42.7 Å². The summed E-state index contributed by atoms with van der Waals surface area (Å²) in [5, 5.41) is 16.5. The molecule has 2 aromatic carbocycles. The Morgan fingerprint density at radius 1 is 1.17 bits per heavy atom. The van der Waals surface area contributed by atoms with E-state index in [9.17, 15) is 24.5 Å². The first-order valence-corrected chi connectivity index (χ1v) is 11.4. The second kappa shape index (κ2) is 11.9. The van der Waals surface area contributed by atoms with Crippen molar-refractivity contribution in [3.8, 4) is 0 Å². The topological polar surface area (TPSA) is 140 Å². The summed E-state index contributed by atoms with van der Waals surface area (Å²) in [6, 6.07) is 10.8. The molecule has 1 unspecified atom stereocenters. The monoisotopic (exact) mass is 496 g/mol. The summed E-state index contributed by atoms with van der Waals surface area (Å²) in [4.78, 5) is 50.3. The quantitative estimate of drug-likeness (QED) is 0.221. The maximum atomic E-state index is 13.0. The van der Waals surface area contributed by atoms with Gasteiger partial charge in [0.05, 0.1) is 23.1 Å². The lowest BCUT2D eigenvalue weighted by Gasteiger charge is -2.35. The SMILES string of the molecule is CCCN1C(=O)NC(c2cccc(NC(=O)c3ccc([N+](=O)[O-])cc3)c2)C(C(=O)OCCOC)=C1C. The number of carbonyl (C=O) groups excluding carboxylic acids is 3. The smallest absolute Gasteiger partial charge is 0.338 e. The number of nitrogens with one attached hydrogen (secondary N) is 2. The molecule has 11 heteroatoms. The van der Waals surface area contributed by atoms with E-state index in [-0.39, 0.29) is 36.1 Å². The van der Waals surface area contributed by atoms with Crippen LogP contribution in [-0.4, -0.2) is 54.6 Å². The van der Waals surface area contributed by atoms with Crippen LogP contribution in [0.5, 0.6) is 0 Å². The van der Waals surface area contributed by atoms with Gasteiger partial charge in [0.1, 0.15) is 6.61 Å². The second-order valence-electron chi connectivity index (χ2n) is 8.05. The predicted octanol–water partition coefficient (Wildman–Crippen LogP) is 3.79. The molecule has 1 atom stereocenters. The summed E-state index contributed by atoms with van der Waals surface area (Å²) in [6.07, 6.45) is 0.700. The fourth-order valence-electron chi connectivity index (χ4n) is 3.82. The molecule has 0 aromatic heterocycles. The number of hydrogen-bond acceptors (Lipinski definition) is 7. The number of rotatable bonds is 10. The van der Waals surface area contributed by atoms with E-state index >= 15 is 0 Å². The highest BCUT2D eigenvalue weighted by molar-refractivity contribution is 6.04. The van der Waals surface area contributed by atoms with Gasteiger partial charge in [-0.1, -0.05) is 19.1 Å². The molecule has 3 rings (SSSR count). The lowest BCUT2D eigenvalue weighted by Crippen LogP contribution is -2.48. The molecule has 2 aromatic rings. The van der Waals surface area contributed by atoms with Crippen molar-refractivity contribution in [2.45, 2.75) is 26.3 Å². The van der Waals surface area contributed by atoms with Crippen molar-refractivity contribution in [3.63, 3.8) is 0 Å². The Morgan fingerprint density at radius 2 is 1.89 bits per heavy atom. The molecule has 0 spiro atoms. The number of hydrogen-bond donors (Lipinski definition) is 2. The standard InChI is InChI=1S/C25H28N4O7/c1-4-12-28-16(2)21(24(31)36-14-13-35-3)22(27-25(28)32)18-6-5-7-19(15-18)26-23(30)17-8-10-20(11-9-17)29(33)34/h5-11,15,22H,4,12-14H2,1-3H3,(H,26,30)(H,27,32). The zero-order valence-corrected chi connectivity index (χ0v) is 20.3. The van der Waals surface area contributed by atoms with E-state index in [1.165, 1.54) is 36.3 Å². The predicted molar refractivity (Wildman–Crippen MR) is 131 cm³/mol. The molecular formula is C25H28N4O7. The third-order valence-corrected chi connectivity index (χ3v) is 5.60. The van der Waals surface area contributed by atoms with Crippen LogP contribution in [0.2, 0.25) is 0 Å². The van der Waals surface area contributed by atoms with Crippen molar-refractivity contribution >= 4 is 29.3 Å². The van der Waals surface area contributed by atoms with Gasteiger partial charge in [0.2, 0.25) is 0 Å². The minimum Gasteiger partial charge on any atom is -0.460 e. The minimum absolute atomic E-state index is 0.0614. The highest BCUT2D eigenvalue weighted by Crippen LogP contribution is 2.32. The normalized spacial score (nSPS) is 15.4. The molecule has 0 fully saturated rings. The number of ether oxygens (including phenoxy) is 2. The van der Waals surface area contributed by atoms with Gasteiger partial charge >= 0.3 is 12.0 Å². The van der Waals surface area contributed by atoms with Crippen LogP contribution in [0, 0.1) is 10.1 Å². The molecule has 2 N–H and O–H groups in total. The number of urea groups is 1. The first-order valence-electron chi connectivity index (χ1n) is 11.4. The van der Waals surface area contributed by atoms with Gasteiger partial charge in [-0.15, -0.1) is 0 Å². The first-order chi connectivity index (χ1) is 17.3. The van der Waals surface area contributed by atoms with Gasteiger partial charge in [0.25, 0.3) is 11.6 Å². The molecule has 11 nitrogen and oxygen atoms in total. The van der Waals surface area contributed by atoms with Crippen LogP contribution in [0.25, 0.3) is 0 Å². The van der Waals surface area contributed by atoms with Gasteiger partial charge in [-0.2, -0.15) is 0 Å². The largest absolute Gasteiger partial charge is 0.460 e. The molecule has 0 saturated carbocycles. The average Bonchev–Trinajstić information content (AvgIpc) is 2.86. The van der Waals surface area contributed by atoms with Crippen LogP contribution in [0.15, 0.2) is 59.8 Å². The number of nitro benzene ring substituents is 1. The van der Waals surface area contributed by atoms with E-state index in [0.29, 0.717) is 29.9 Å². The van der Waals surface area contributed by atoms with Crippen molar-refractivity contribution in [1.29, 1.82) is 0 Å². The number of esters is 1. The Balaban J connectivity index is 1.89. The average molecular weight is 497 g/mol. The summed E-state index contributed by atoms with van der Waals surface area (Å²) in [5.74, 6) is -1.04. The third kappa shape index (κ3) is 6.05. The molecule has 1 heterocycles. The summed E-state index contributed by atoms with van der Waals surface area (Å²) in [5.41, 5.74) is 1.90. The summed E-state index contributed by atoms with van der Waals surface area (Å²) < 4.78 is 10.3. The maximum Gasteiger partial charge on any atom is 0.338 e. The Morgan fingerprint density at radius 3 is 2.53 bits per heavy atom. The third-order valence-electron chi connectivity index (χ3n) is 5.60. The summed E-state index contributed by atoms with van der Waals surface area (Å²) in [6.45, 7) is 4.36. The molecule has 0 saturated heterocycles. The number of amides is 3. The van der Waals surface area contributed by atoms with Gasteiger partial charge in [-0.05, 0) is 43.2 Å². The van der Waals surface area contributed by atoms with Crippen molar-refractivity contribution < 1.29 is 28.8 Å². The fraction of sp³-hybridized carbons (Fsp3) is 0.320. The highest BCUT2D eigenvalue weighted by Gasteiger charge is 2.36. The number of anilines is 1. The van der Waals surface area contributed by atoms with Crippen molar-refractivity contribution in [1.82, 2.24) is 10.2 Å². The van der Waals surface area contributed by atoms with Crippen LogP contribution < -0.4 is 10.6 Å². The van der Waals surface area contributed by atoms with E-state index in [4.69, 9.17) is 9.47 Å². The number of nitrogens with zero attached hydrogens (tertiary/aromatic N) is 2. The van der Waals surface area contributed by atoms with Crippen molar-refractivity contribution in [2.24, 2.45) is 0 Å². The van der Waals surface area contributed by atoms with E-state index in [0.717, 1.165) is 0 Å². The maximum absolute atomic E-state index is 13.0. The molecule has 190 valence electrons. The number of allylic oxidation sites excluding steroid dienone is 1. The number of non-ortho nitro benzene ring substituents is 1. The second-order valence-corrected chi connectivity index (χ2v) is 8.05. The zero-order valence-electron chi connectivity index (χ0n) is 20.3. The van der Waals surface area contributed by atoms with E-state index in [2.05, 4.69) is 10.6 Å². The summed E-state index contributed by atoms with van der Waals surface area (Å²) >= 11 is 0. The first kappa shape index (κ1) is 26.4. The van der Waals surface area contributed by atoms with Crippen molar-refractivity contribution in [2.75, 3.05) is 32.2 Å². The molecule has 36 heavy (non-hydrogen) atoms. The van der Waals surface area contributed by atoms with E-state index < -0.39 is 22.8 Å². The molecular weight excluding hydrogens is 468 g/mol. The van der Waals surface area contributed by atoms with Gasteiger partial charge in [0.15, 0.2) is 0 Å². The Labute approximate surface area is 208 Å². The number of benzene rings is 2. The van der Waals surface area contributed by atoms with Crippen molar-refractivity contribution in [3.05, 3.63) is 81.0 Å². The Bertz CT molecular complexity index is 1180. The van der Waals surface area contributed by atoms with Crippen LogP contribution >= 0.6 is 0 Å². The minimum atomic E-state index is -0.795. The van der Waals surface area contributed by atoms with Crippen LogP contribution in [-0.2, 0) is 14.3 Å². The molecule has 0 radical (unpaired) electrons. The number of methoxy groups -OCH3 is 1. The van der Waals surface area contributed by atoms with Gasteiger partial charge in [-0.25, -0.2) is 9.59 Å². The molecule has 0 bridgehead atoms.